The predicted molar refractivity (Wildman–Crippen MR) is 33.3 cm³/mol. The van der Waals surface area contributed by atoms with Crippen LogP contribution in [0.15, 0.2) is 0 Å². The van der Waals surface area contributed by atoms with E-state index >= 15 is 0 Å². The highest BCUT2D eigenvalue weighted by molar-refractivity contribution is 4.71. The molecule has 1 heterocycles. The van der Waals surface area contributed by atoms with E-state index in [1.54, 1.807) is 6.92 Å². The van der Waals surface area contributed by atoms with Crippen molar-refractivity contribution in [3.05, 3.63) is 0 Å². The zero-order valence-corrected chi connectivity index (χ0v) is 5.86. The van der Waals surface area contributed by atoms with Gasteiger partial charge in [-0.05, 0) is 13.3 Å². The minimum atomic E-state index is -0.693. The van der Waals surface area contributed by atoms with E-state index in [4.69, 9.17) is 15.1 Å². The van der Waals surface area contributed by atoms with Crippen molar-refractivity contribution in [2.75, 3.05) is 0 Å². The molecule has 0 radical (unpaired) electrons. The highest BCUT2D eigenvalue weighted by Gasteiger charge is 2.27. The van der Waals surface area contributed by atoms with Gasteiger partial charge in [0.2, 0.25) is 0 Å². The van der Waals surface area contributed by atoms with Crippen molar-refractivity contribution >= 4 is 0 Å². The van der Waals surface area contributed by atoms with Crippen LogP contribution in [0.25, 0.3) is 0 Å². The van der Waals surface area contributed by atoms with Crippen LogP contribution >= 0.6 is 0 Å². The van der Waals surface area contributed by atoms with Crippen LogP contribution in [-0.2, 0) is 9.62 Å². The quantitative estimate of drug-likeness (QED) is 0.416. The van der Waals surface area contributed by atoms with Crippen LogP contribution in [0.5, 0.6) is 0 Å². The Bertz CT molecular complexity index is 106. The van der Waals surface area contributed by atoms with Gasteiger partial charge in [-0.25, -0.2) is 4.89 Å². The summed E-state index contributed by atoms with van der Waals surface area (Å²) in [5.41, 5.74) is 0. The smallest absolute Gasteiger partial charge is 0.155 e. The molecule has 1 aliphatic rings. The van der Waals surface area contributed by atoms with Crippen molar-refractivity contribution in [2.24, 2.45) is 0 Å². The molecule has 0 bridgehead atoms. The third-order valence-corrected chi connectivity index (χ3v) is 1.73. The van der Waals surface area contributed by atoms with Gasteiger partial charge in [0.25, 0.3) is 0 Å². The number of rotatable bonds is 1. The molecule has 1 rings (SSSR count). The monoisotopic (exact) mass is 148 g/mol. The van der Waals surface area contributed by atoms with E-state index in [-0.39, 0.29) is 12.2 Å². The first-order chi connectivity index (χ1) is 4.74. The van der Waals surface area contributed by atoms with E-state index in [0.717, 1.165) is 0 Å². The Balaban J connectivity index is 2.36. The summed E-state index contributed by atoms with van der Waals surface area (Å²) in [6, 6.07) is 0. The first-order valence-corrected chi connectivity index (χ1v) is 3.38. The number of ether oxygens (including phenoxy) is 1. The molecule has 1 saturated heterocycles. The maximum atomic E-state index is 8.93. The number of hydrogen-bond acceptors (Lipinski definition) is 4. The van der Waals surface area contributed by atoms with Gasteiger partial charge >= 0.3 is 0 Å². The second kappa shape index (κ2) is 3.30. The SMILES string of the molecule is C[C@H]1O[C@@H](O)CC[C@@H]1OO. The molecule has 0 aliphatic carbocycles. The Kier molecular flexibility index (Phi) is 2.62. The van der Waals surface area contributed by atoms with Crippen LogP contribution in [-0.4, -0.2) is 28.9 Å². The van der Waals surface area contributed by atoms with Gasteiger partial charge in [0.1, 0.15) is 6.10 Å². The Labute approximate surface area is 59.3 Å². The average molecular weight is 148 g/mol. The largest absolute Gasteiger partial charge is 0.368 e. The van der Waals surface area contributed by atoms with E-state index < -0.39 is 6.29 Å². The van der Waals surface area contributed by atoms with Gasteiger partial charge in [0.05, 0.1) is 6.10 Å². The Hall–Kier alpha value is -0.160. The first kappa shape index (κ1) is 7.94. The van der Waals surface area contributed by atoms with Gasteiger partial charge in [-0.15, -0.1) is 0 Å². The molecule has 0 amide bonds. The fourth-order valence-electron chi connectivity index (χ4n) is 1.08. The van der Waals surface area contributed by atoms with E-state index in [2.05, 4.69) is 4.89 Å². The highest BCUT2D eigenvalue weighted by Crippen LogP contribution is 2.19. The lowest BCUT2D eigenvalue weighted by Gasteiger charge is -2.29. The van der Waals surface area contributed by atoms with Crippen LogP contribution in [0.4, 0.5) is 0 Å². The third kappa shape index (κ3) is 1.67. The van der Waals surface area contributed by atoms with Crippen molar-refractivity contribution in [3.8, 4) is 0 Å². The lowest BCUT2D eigenvalue weighted by Crippen LogP contribution is -2.37. The van der Waals surface area contributed by atoms with E-state index in [9.17, 15) is 0 Å². The molecule has 2 N–H and O–H groups in total. The Morgan fingerprint density at radius 1 is 1.50 bits per heavy atom. The maximum absolute atomic E-state index is 8.93. The fourth-order valence-corrected chi connectivity index (χ4v) is 1.08. The molecule has 60 valence electrons. The van der Waals surface area contributed by atoms with Crippen LogP contribution in [0.2, 0.25) is 0 Å². The summed E-state index contributed by atoms with van der Waals surface area (Å²) in [5.74, 6) is 0. The molecule has 0 unspecified atom stereocenters. The molecule has 1 fully saturated rings. The third-order valence-electron chi connectivity index (χ3n) is 1.73. The summed E-state index contributed by atoms with van der Waals surface area (Å²) in [6.07, 6.45) is -0.0486. The Morgan fingerprint density at radius 2 is 2.20 bits per heavy atom. The minimum absolute atomic E-state index is 0.228. The van der Waals surface area contributed by atoms with Gasteiger partial charge < -0.3 is 9.84 Å². The number of aliphatic hydroxyl groups is 1. The summed E-state index contributed by atoms with van der Waals surface area (Å²) in [5, 5.41) is 17.2. The molecule has 3 atom stereocenters. The minimum Gasteiger partial charge on any atom is -0.368 e. The van der Waals surface area contributed by atoms with Crippen molar-refractivity contribution in [1.29, 1.82) is 0 Å². The van der Waals surface area contributed by atoms with Gasteiger partial charge in [-0.3, -0.25) is 5.26 Å². The normalized spacial score (nSPS) is 41.7. The van der Waals surface area contributed by atoms with Gasteiger partial charge in [-0.2, -0.15) is 0 Å². The number of hydrogen-bond donors (Lipinski definition) is 2. The molecule has 4 nitrogen and oxygen atoms in total. The molecule has 0 aromatic carbocycles. The molecular formula is C6H12O4. The number of aliphatic hydroxyl groups excluding tert-OH is 1. The Morgan fingerprint density at radius 3 is 2.70 bits per heavy atom. The zero-order chi connectivity index (χ0) is 7.56. The molecule has 0 spiro atoms. The van der Waals surface area contributed by atoms with Gasteiger partial charge in [0, 0.05) is 6.42 Å². The molecule has 10 heavy (non-hydrogen) atoms. The second-order valence-electron chi connectivity index (χ2n) is 2.52. The summed E-state index contributed by atoms with van der Waals surface area (Å²) in [7, 11) is 0. The molecule has 1 aliphatic heterocycles. The summed E-state index contributed by atoms with van der Waals surface area (Å²) in [4.78, 5) is 4.12. The van der Waals surface area contributed by atoms with E-state index in [0.29, 0.717) is 12.8 Å². The predicted octanol–water partition coefficient (Wildman–Crippen LogP) is 0.362. The topological polar surface area (TPSA) is 58.9 Å². The zero-order valence-electron chi connectivity index (χ0n) is 5.86. The molecule has 0 aromatic heterocycles. The summed E-state index contributed by atoms with van der Waals surface area (Å²) >= 11 is 0. The van der Waals surface area contributed by atoms with Gasteiger partial charge in [-0.1, -0.05) is 0 Å². The van der Waals surface area contributed by atoms with Crippen molar-refractivity contribution < 1.29 is 20.0 Å². The molecule has 0 aromatic rings. The fraction of sp³-hybridized carbons (Fsp3) is 1.00. The van der Waals surface area contributed by atoms with Gasteiger partial charge in [0.15, 0.2) is 6.29 Å². The highest BCUT2D eigenvalue weighted by atomic mass is 17.1. The second-order valence-corrected chi connectivity index (χ2v) is 2.52. The van der Waals surface area contributed by atoms with Crippen LogP contribution in [0, 0.1) is 0 Å². The molecular weight excluding hydrogens is 136 g/mol. The lowest BCUT2D eigenvalue weighted by atomic mass is 10.1. The van der Waals surface area contributed by atoms with Crippen LogP contribution in [0.3, 0.4) is 0 Å². The maximum Gasteiger partial charge on any atom is 0.155 e. The van der Waals surface area contributed by atoms with Crippen molar-refractivity contribution in [2.45, 2.75) is 38.3 Å². The molecule has 4 heteroatoms. The summed E-state index contributed by atoms with van der Waals surface area (Å²) < 4.78 is 4.96. The first-order valence-electron chi connectivity index (χ1n) is 3.38. The summed E-state index contributed by atoms with van der Waals surface area (Å²) in [6.45, 7) is 1.75. The van der Waals surface area contributed by atoms with E-state index in [1.807, 2.05) is 0 Å². The standard InChI is InChI=1S/C6H12O4/c1-4-5(10-8)2-3-6(7)9-4/h4-8H,2-3H2,1H3/t4-,5+,6-/m1/s1. The van der Waals surface area contributed by atoms with Crippen molar-refractivity contribution in [1.82, 2.24) is 0 Å². The van der Waals surface area contributed by atoms with Crippen molar-refractivity contribution in [3.63, 3.8) is 0 Å². The van der Waals surface area contributed by atoms with Crippen LogP contribution in [0.1, 0.15) is 19.8 Å². The van der Waals surface area contributed by atoms with E-state index in [1.165, 1.54) is 0 Å². The average Bonchev–Trinajstić information content (AvgIpc) is 1.88. The van der Waals surface area contributed by atoms with Crippen LogP contribution < -0.4 is 0 Å². The molecule has 0 saturated carbocycles. The lowest BCUT2D eigenvalue weighted by molar-refractivity contribution is -0.325.